The zero-order chi connectivity index (χ0) is 4.28. The number of nitrogens with two attached hydrogens (primary N) is 1. The van der Waals surface area contributed by atoms with Crippen molar-refractivity contribution >= 4 is 35.6 Å². The Kier molecular flexibility index (Phi) is 8.39. The van der Waals surface area contributed by atoms with Gasteiger partial charge in [-0.3, -0.25) is 0 Å². The Labute approximate surface area is 58.6 Å². The molecular formula is C2H6N2NaO. The van der Waals surface area contributed by atoms with E-state index in [2.05, 4.69) is 11.1 Å². The quantitative estimate of drug-likeness (QED) is 0.370. The summed E-state index contributed by atoms with van der Waals surface area (Å²) >= 11 is 0. The smallest absolute Gasteiger partial charge is 0.311 e. The van der Waals surface area contributed by atoms with E-state index < -0.39 is 6.03 Å². The van der Waals surface area contributed by atoms with Crippen molar-refractivity contribution in [2.45, 2.75) is 0 Å². The summed E-state index contributed by atoms with van der Waals surface area (Å²) in [7, 11) is 1.47. The zero-order valence-corrected chi connectivity index (χ0v) is 5.99. The number of rotatable bonds is 0. The van der Waals surface area contributed by atoms with Crippen LogP contribution in [0.25, 0.3) is 0 Å². The maximum absolute atomic E-state index is 9.48. The molecule has 0 spiro atoms. The van der Waals surface area contributed by atoms with Gasteiger partial charge >= 0.3 is 6.03 Å². The number of nitrogens with one attached hydrogen (secondary N) is 1. The third-order valence-corrected chi connectivity index (χ3v) is 0.246. The monoisotopic (exact) mass is 97.0 g/mol. The molecule has 0 aromatic rings. The maximum atomic E-state index is 9.48. The molecule has 31 valence electrons. The van der Waals surface area contributed by atoms with Crippen molar-refractivity contribution in [2.24, 2.45) is 5.73 Å². The van der Waals surface area contributed by atoms with Gasteiger partial charge < -0.3 is 11.1 Å². The van der Waals surface area contributed by atoms with Crippen molar-refractivity contribution in [3.8, 4) is 0 Å². The molecule has 3 nitrogen and oxygen atoms in total. The van der Waals surface area contributed by atoms with Crippen LogP contribution in [-0.4, -0.2) is 42.6 Å². The summed E-state index contributed by atoms with van der Waals surface area (Å²) in [5.74, 6) is 0. The molecule has 0 aliphatic rings. The van der Waals surface area contributed by atoms with Gasteiger partial charge in [-0.15, -0.1) is 0 Å². The van der Waals surface area contributed by atoms with Crippen LogP contribution in [-0.2, 0) is 0 Å². The summed E-state index contributed by atoms with van der Waals surface area (Å²) in [5.41, 5.74) is 4.54. The van der Waals surface area contributed by atoms with E-state index >= 15 is 0 Å². The second-order valence-electron chi connectivity index (χ2n) is 0.614. The second kappa shape index (κ2) is 5.27. The third kappa shape index (κ3) is 8.86. The van der Waals surface area contributed by atoms with E-state index in [-0.39, 0.29) is 29.6 Å². The van der Waals surface area contributed by atoms with Gasteiger partial charge in [0.2, 0.25) is 0 Å². The fraction of sp³-hybridized carbons (Fsp3) is 0.500. The molecule has 0 aromatic carbocycles. The Balaban J connectivity index is 0. The van der Waals surface area contributed by atoms with Crippen LogP contribution < -0.4 is 11.1 Å². The minimum absolute atomic E-state index is 0. The minimum Gasteiger partial charge on any atom is -0.352 e. The van der Waals surface area contributed by atoms with Gasteiger partial charge in [0.1, 0.15) is 0 Å². The van der Waals surface area contributed by atoms with E-state index in [0.29, 0.717) is 0 Å². The molecular weight excluding hydrogens is 91.0 g/mol. The Morgan fingerprint density at radius 3 is 2.00 bits per heavy atom. The van der Waals surface area contributed by atoms with Gasteiger partial charge in [-0.05, 0) is 0 Å². The molecule has 0 bridgehead atoms. The van der Waals surface area contributed by atoms with Crippen molar-refractivity contribution in [2.75, 3.05) is 7.05 Å². The number of hydrogen-bond donors (Lipinski definition) is 2. The van der Waals surface area contributed by atoms with E-state index in [1.165, 1.54) is 7.05 Å². The van der Waals surface area contributed by atoms with Gasteiger partial charge in [-0.25, -0.2) is 4.79 Å². The Hall–Kier alpha value is 0.270. The second-order valence-corrected chi connectivity index (χ2v) is 0.614. The van der Waals surface area contributed by atoms with Gasteiger partial charge in [0.15, 0.2) is 0 Å². The first-order valence-corrected chi connectivity index (χ1v) is 1.24. The molecule has 0 saturated carbocycles. The van der Waals surface area contributed by atoms with Crippen molar-refractivity contribution in [1.82, 2.24) is 5.32 Å². The first-order chi connectivity index (χ1) is 2.27. The van der Waals surface area contributed by atoms with Crippen molar-refractivity contribution in [3.05, 3.63) is 0 Å². The molecule has 0 aliphatic carbocycles. The predicted molar refractivity (Wildman–Crippen MR) is 24.4 cm³/mol. The van der Waals surface area contributed by atoms with E-state index in [0.717, 1.165) is 0 Å². The summed E-state index contributed by atoms with van der Waals surface area (Å²) in [5, 5.41) is 2.17. The maximum Gasteiger partial charge on any atom is 0.311 e. The van der Waals surface area contributed by atoms with Crippen LogP contribution in [0, 0.1) is 0 Å². The zero-order valence-electron chi connectivity index (χ0n) is 3.99. The predicted octanol–water partition coefficient (Wildman–Crippen LogP) is -1.10. The fourth-order valence-electron chi connectivity index (χ4n) is 0. The molecule has 2 amide bonds. The Morgan fingerprint density at radius 2 is 2.00 bits per heavy atom. The van der Waals surface area contributed by atoms with Crippen LogP contribution in [0.1, 0.15) is 0 Å². The summed E-state index contributed by atoms with van der Waals surface area (Å²) < 4.78 is 0. The Morgan fingerprint density at radius 1 is 1.83 bits per heavy atom. The number of carbonyl (C=O) groups excluding carboxylic acids is 1. The third-order valence-electron chi connectivity index (χ3n) is 0.246. The average molecular weight is 97.1 g/mol. The van der Waals surface area contributed by atoms with E-state index in [4.69, 9.17) is 0 Å². The average Bonchev–Trinajstić information content (AvgIpc) is 1.38. The molecule has 0 unspecified atom stereocenters. The molecule has 0 rings (SSSR count). The minimum atomic E-state index is -0.495. The molecule has 0 saturated heterocycles. The molecule has 0 aromatic heterocycles. The largest absolute Gasteiger partial charge is 0.352 e. The Bertz CT molecular complexity index is 46.8. The standard InChI is InChI=1S/C2H6N2O.Na/c1-4-2(3)5;/h1H3,(H3,3,4,5);. The molecule has 4 heteroatoms. The van der Waals surface area contributed by atoms with Crippen molar-refractivity contribution < 1.29 is 4.79 Å². The molecule has 1 radical (unpaired) electrons. The topological polar surface area (TPSA) is 55.1 Å². The number of hydrogen-bond acceptors (Lipinski definition) is 1. The van der Waals surface area contributed by atoms with Crippen LogP contribution in [0.3, 0.4) is 0 Å². The van der Waals surface area contributed by atoms with Gasteiger partial charge in [0.25, 0.3) is 0 Å². The fourth-order valence-corrected chi connectivity index (χ4v) is 0. The van der Waals surface area contributed by atoms with Crippen LogP contribution in [0.5, 0.6) is 0 Å². The van der Waals surface area contributed by atoms with Crippen molar-refractivity contribution in [1.29, 1.82) is 0 Å². The molecule has 3 N–H and O–H groups in total. The SMILES string of the molecule is CNC(N)=O.[Na]. The summed E-state index contributed by atoms with van der Waals surface area (Å²) in [6, 6.07) is -0.495. The van der Waals surface area contributed by atoms with Crippen LogP contribution >= 0.6 is 0 Å². The van der Waals surface area contributed by atoms with Crippen LogP contribution in [0.2, 0.25) is 0 Å². The number of primary amides is 1. The van der Waals surface area contributed by atoms with Crippen LogP contribution in [0.15, 0.2) is 0 Å². The number of urea groups is 1. The summed E-state index contributed by atoms with van der Waals surface area (Å²) in [6.07, 6.45) is 0. The molecule has 0 heterocycles. The van der Waals surface area contributed by atoms with Crippen molar-refractivity contribution in [3.63, 3.8) is 0 Å². The first kappa shape index (κ1) is 9.55. The molecule has 0 fully saturated rings. The number of amides is 2. The van der Waals surface area contributed by atoms with Gasteiger partial charge in [0, 0.05) is 36.6 Å². The number of carbonyl (C=O) groups is 1. The van der Waals surface area contributed by atoms with E-state index in [1.54, 1.807) is 0 Å². The van der Waals surface area contributed by atoms with Gasteiger partial charge in [0.05, 0.1) is 0 Å². The molecule has 0 atom stereocenters. The normalized spacial score (nSPS) is 5.50. The van der Waals surface area contributed by atoms with Gasteiger partial charge in [-0.2, -0.15) is 0 Å². The van der Waals surface area contributed by atoms with E-state index in [1.807, 2.05) is 0 Å². The van der Waals surface area contributed by atoms with Crippen LogP contribution in [0.4, 0.5) is 4.79 Å². The summed E-state index contributed by atoms with van der Waals surface area (Å²) in [4.78, 5) is 9.48. The molecule has 0 aliphatic heterocycles. The molecule has 6 heavy (non-hydrogen) atoms. The first-order valence-electron chi connectivity index (χ1n) is 1.24. The summed E-state index contributed by atoms with van der Waals surface area (Å²) in [6.45, 7) is 0. The van der Waals surface area contributed by atoms with Gasteiger partial charge in [-0.1, -0.05) is 0 Å². The van der Waals surface area contributed by atoms with E-state index in [9.17, 15) is 4.79 Å².